The molecule has 0 bridgehead atoms. The highest BCUT2D eigenvalue weighted by molar-refractivity contribution is 5.87. The second-order valence-corrected chi connectivity index (χ2v) is 4.69. The molecule has 0 fully saturated rings. The number of fused-ring (bicyclic) bond motifs is 1. The van der Waals surface area contributed by atoms with E-state index in [1.165, 1.54) is 16.5 Å². The quantitative estimate of drug-likeness (QED) is 0.733. The Labute approximate surface area is 113 Å². The van der Waals surface area contributed by atoms with E-state index >= 15 is 0 Å². The molecule has 0 radical (unpaired) electrons. The van der Waals surface area contributed by atoms with Crippen LogP contribution in [0.15, 0.2) is 48.5 Å². The van der Waals surface area contributed by atoms with Crippen molar-refractivity contribution in [3.05, 3.63) is 54.1 Å². The highest BCUT2D eigenvalue weighted by Gasteiger charge is 2.04. The summed E-state index contributed by atoms with van der Waals surface area (Å²) < 4.78 is 5.25. The van der Waals surface area contributed by atoms with Gasteiger partial charge in [0.25, 0.3) is 0 Å². The minimum Gasteiger partial charge on any atom is -0.497 e. The zero-order chi connectivity index (χ0) is 13.2. The SMILES string of the molecule is CCc1ccc(-c2cc3cc(OC)ccc3[nH]2)cc1. The number of methoxy groups -OCH3 is 1. The number of ether oxygens (including phenoxy) is 1. The fourth-order valence-corrected chi connectivity index (χ4v) is 2.31. The Bertz CT molecular complexity index is 695. The van der Waals surface area contributed by atoms with Crippen molar-refractivity contribution in [1.82, 2.24) is 4.98 Å². The van der Waals surface area contributed by atoms with Gasteiger partial charge in [-0.15, -0.1) is 0 Å². The van der Waals surface area contributed by atoms with Gasteiger partial charge in [0.05, 0.1) is 7.11 Å². The average Bonchev–Trinajstić information content (AvgIpc) is 2.90. The van der Waals surface area contributed by atoms with Crippen molar-refractivity contribution >= 4 is 10.9 Å². The lowest BCUT2D eigenvalue weighted by Gasteiger charge is -1.99. The minimum atomic E-state index is 0.888. The first-order valence-corrected chi connectivity index (χ1v) is 6.56. The molecule has 1 aromatic heterocycles. The van der Waals surface area contributed by atoms with E-state index in [-0.39, 0.29) is 0 Å². The average molecular weight is 251 g/mol. The molecule has 0 saturated carbocycles. The van der Waals surface area contributed by atoms with Crippen molar-refractivity contribution in [3.8, 4) is 17.0 Å². The summed E-state index contributed by atoms with van der Waals surface area (Å²) in [5, 5.41) is 1.17. The molecule has 3 rings (SSSR count). The summed E-state index contributed by atoms with van der Waals surface area (Å²) in [6.07, 6.45) is 1.07. The van der Waals surface area contributed by atoms with E-state index in [4.69, 9.17) is 4.74 Å². The van der Waals surface area contributed by atoms with Crippen molar-refractivity contribution in [2.75, 3.05) is 7.11 Å². The molecule has 2 nitrogen and oxygen atoms in total. The maximum atomic E-state index is 5.25. The zero-order valence-electron chi connectivity index (χ0n) is 11.2. The molecule has 0 atom stereocenters. The van der Waals surface area contributed by atoms with Gasteiger partial charge in [0.2, 0.25) is 0 Å². The molecular formula is C17H17NO. The van der Waals surface area contributed by atoms with Crippen molar-refractivity contribution in [1.29, 1.82) is 0 Å². The van der Waals surface area contributed by atoms with Crippen molar-refractivity contribution < 1.29 is 4.74 Å². The van der Waals surface area contributed by atoms with Crippen LogP contribution in [-0.4, -0.2) is 12.1 Å². The first-order chi connectivity index (χ1) is 9.30. The van der Waals surface area contributed by atoms with Crippen molar-refractivity contribution in [3.63, 3.8) is 0 Å². The first-order valence-electron chi connectivity index (χ1n) is 6.56. The lowest BCUT2D eigenvalue weighted by atomic mass is 10.1. The van der Waals surface area contributed by atoms with Gasteiger partial charge in [0.15, 0.2) is 0 Å². The van der Waals surface area contributed by atoms with Crippen molar-refractivity contribution in [2.24, 2.45) is 0 Å². The van der Waals surface area contributed by atoms with Crippen LogP contribution in [0.25, 0.3) is 22.2 Å². The molecule has 19 heavy (non-hydrogen) atoms. The minimum absolute atomic E-state index is 0.888. The largest absolute Gasteiger partial charge is 0.497 e. The van der Waals surface area contributed by atoms with E-state index < -0.39 is 0 Å². The summed E-state index contributed by atoms with van der Waals surface area (Å²) in [7, 11) is 1.69. The van der Waals surface area contributed by atoms with Gasteiger partial charge in [-0.1, -0.05) is 31.2 Å². The van der Waals surface area contributed by atoms with Crippen LogP contribution < -0.4 is 4.74 Å². The predicted molar refractivity (Wildman–Crippen MR) is 79.7 cm³/mol. The number of rotatable bonds is 3. The maximum Gasteiger partial charge on any atom is 0.119 e. The number of aryl methyl sites for hydroxylation is 1. The smallest absolute Gasteiger partial charge is 0.119 e. The molecule has 0 aliphatic carbocycles. The Balaban J connectivity index is 2.04. The van der Waals surface area contributed by atoms with Crippen LogP contribution in [0.2, 0.25) is 0 Å². The second-order valence-electron chi connectivity index (χ2n) is 4.69. The Morgan fingerprint density at radius 2 is 1.79 bits per heavy atom. The third kappa shape index (κ3) is 2.22. The molecule has 2 aromatic carbocycles. The Kier molecular flexibility index (Phi) is 3.00. The van der Waals surface area contributed by atoms with Crippen LogP contribution in [0.4, 0.5) is 0 Å². The van der Waals surface area contributed by atoms with E-state index in [0.717, 1.165) is 23.4 Å². The van der Waals surface area contributed by atoms with Crippen LogP contribution in [0.1, 0.15) is 12.5 Å². The molecule has 0 aliphatic heterocycles. The molecular weight excluding hydrogens is 234 g/mol. The summed E-state index contributed by atoms with van der Waals surface area (Å²) in [5.74, 6) is 0.888. The molecule has 0 saturated heterocycles. The molecule has 0 spiro atoms. The Morgan fingerprint density at radius 3 is 2.47 bits per heavy atom. The van der Waals surface area contributed by atoms with Gasteiger partial charge in [0, 0.05) is 16.6 Å². The molecule has 1 N–H and O–H groups in total. The lowest BCUT2D eigenvalue weighted by Crippen LogP contribution is -1.81. The molecule has 96 valence electrons. The van der Waals surface area contributed by atoms with Crippen LogP contribution in [0, 0.1) is 0 Å². The fraction of sp³-hybridized carbons (Fsp3) is 0.176. The molecule has 0 aliphatic rings. The third-order valence-corrected chi connectivity index (χ3v) is 3.50. The number of benzene rings is 2. The van der Waals surface area contributed by atoms with Crippen molar-refractivity contribution in [2.45, 2.75) is 13.3 Å². The number of aromatic amines is 1. The summed E-state index contributed by atoms with van der Waals surface area (Å²) in [6, 6.07) is 16.9. The molecule has 2 heteroatoms. The van der Waals surface area contributed by atoms with Crippen LogP contribution in [0.5, 0.6) is 5.75 Å². The summed E-state index contributed by atoms with van der Waals surface area (Å²) in [6.45, 7) is 2.17. The van der Waals surface area contributed by atoms with E-state index in [2.05, 4.69) is 54.4 Å². The van der Waals surface area contributed by atoms with E-state index in [9.17, 15) is 0 Å². The monoisotopic (exact) mass is 251 g/mol. The summed E-state index contributed by atoms with van der Waals surface area (Å²) in [5.41, 5.74) is 4.86. The fourth-order valence-electron chi connectivity index (χ4n) is 2.31. The molecule has 1 heterocycles. The predicted octanol–water partition coefficient (Wildman–Crippen LogP) is 4.41. The van der Waals surface area contributed by atoms with Gasteiger partial charge in [-0.05, 0) is 41.8 Å². The topological polar surface area (TPSA) is 25.0 Å². The van der Waals surface area contributed by atoms with Gasteiger partial charge in [-0.2, -0.15) is 0 Å². The number of H-pyrrole nitrogens is 1. The van der Waals surface area contributed by atoms with Gasteiger partial charge in [-0.25, -0.2) is 0 Å². The molecule has 0 amide bonds. The van der Waals surface area contributed by atoms with Gasteiger partial charge in [-0.3, -0.25) is 0 Å². The van der Waals surface area contributed by atoms with Crippen LogP contribution in [-0.2, 0) is 6.42 Å². The number of hydrogen-bond acceptors (Lipinski definition) is 1. The van der Waals surface area contributed by atoms with Gasteiger partial charge < -0.3 is 9.72 Å². The summed E-state index contributed by atoms with van der Waals surface area (Å²) >= 11 is 0. The molecule has 0 unspecified atom stereocenters. The lowest BCUT2D eigenvalue weighted by molar-refractivity contribution is 0.415. The van der Waals surface area contributed by atoms with E-state index in [1.54, 1.807) is 7.11 Å². The summed E-state index contributed by atoms with van der Waals surface area (Å²) in [4.78, 5) is 3.45. The maximum absolute atomic E-state index is 5.25. The van der Waals surface area contributed by atoms with E-state index in [0.29, 0.717) is 0 Å². The Hall–Kier alpha value is -2.22. The van der Waals surface area contributed by atoms with E-state index in [1.807, 2.05) is 6.07 Å². The zero-order valence-corrected chi connectivity index (χ0v) is 11.2. The normalized spacial score (nSPS) is 10.8. The Morgan fingerprint density at radius 1 is 1.00 bits per heavy atom. The number of aromatic nitrogens is 1. The highest BCUT2D eigenvalue weighted by Crippen LogP contribution is 2.27. The van der Waals surface area contributed by atoms with Crippen LogP contribution in [0.3, 0.4) is 0 Å². The standard InChI is InChI=1S/C17H17NO/c1-3-12-4-6-13(7-5-12)17-11-14-10-15(19-2)8-9-16(14)18-17/h4-11,18H,3H2,1-2H3. The number of nitrogens with one attached hydrogen (secondary N) is 1. The first kappa shape index (κ1) is 11.8. The van der Waals surface area contributed by atoms with Gasteiger partial charge >= 0.3 is 0 Å². The molecule has 3 aromatic rings. The number of hydrogen-bond donors (Lipinski definition) is 1. The van der Waals surface area contributed by atoms with Gasteiger partial charge in [0.1, 0.15) is 5.75 Å². The third-order valence-electron chi connectivity index (χ3n) is 3.50. The highest BCUT2D eigenvalue weighted by atomic mass is 16.5. The van der Waals surface area contributed by atoms with Crippen LogP contribution >= 0.6 is 0 Å². The second kappa shape index (κ2) is 4.81.